The van der Waals surface area contributed by atoms with Crippen molar-refractivity contribution in [2.45, 2.75) is 25.9 Å². The Balaban J connectivity index is 1.39. The molecule has 0 bridgehead atoms. The molecule has 6 nitrogen and oxygen atoms in total. The summed E-state index contributed by atoms with van der Waals surface area (Å²) in [6.45, 7) is 2.59. The monoisotopic (exact) mass is 387 g/mol. The Bertz CT molecular complexity index is 1120. The molecule has 138 valence electrons. The summed E-state index contributed by atoms with van der Waals surface area (Å²) in [5, 5.41) is 5.80. The molecule has 1 N–H and O–H groups in total. The second-order valence-electron chi connectivity index (χ2n) is 6.84. The number of benzene rings is 1. The van der Waals surface area contributed by atoms with Crippen LogP contribution < -0.4 is 5.32 Å². The highest BCUT2D eigenvalue weighted by Crippen LogP contribution is 2.34. The number of thiazole rings is 1. The predicted octanol–water partition coefficient (Wildman–Crippen LogP) is 3.40. The summed E-state index contributed by atoms with van der Waals surface area (Å²) < 4.78 is 0. The van der Waals surface area contributed by atoms with E-state index in [0.717, 1.165) is 33.1 Å². The normalized spacial score (nSPS) is 15.5. The zero-order valence-electron chi connectivity index (χ0n) is 15.2. The maximum Gasteiger partial charge on any atom is 0.266 e. The fraction of sp³-hybridized carbons (Fsp3) is 0.190. The molecule has 0 aliphatic carbocycles. The lowest BCUT2D eigenvalue weighted by molar-refractivity contribution is -0.115. The second-order valence-corrected chi connectivity index (χ2v) is 7.77. The summed E-state index contributed by atoms with van der Waals surface area (Å²) in [7, 11) is 0. The summed E-state index contributed by atoms with van der Waals surface area (Å²) in [4.78, 5) is 30.3. The molecule has 1 atom stereocenters. The van der Waals surface area contributed by atoms with E-state index in [2.05, 4.69) is 32.4 Å². The molecular formula is C21H17N5OS. The van der Waals surface area contributed by atoms with Crippen LogP contribution in [0.5, 0.6) is 0 Å². The molecule has 0 unspecified atom stereocenters. The van der Waals surface area contributed by atoms with Gasteiger partial charge in [0.15, 0.2) is 0 Å². The van der Waals surface area contributed by atoms with Gasteiger partial charge in [-0.1, -0.05) is 6.07 Å². The van der Waals surface area contributed by atoms with Crippen molar-refractivity contribution in [2.75, 3.05) is 0 Å². The maximum atomic E-state index is 12.7. The molecule has 0 saturated carbocycles. The van der Waals surface area contributed by atoms with Crippen LogP contribution >= 0.6 is 11.3 Å². The molecule has 4 heterocycles. The van der Waals surface area contributed by atoms with E-state index in [9.17, 15) is 4.79 Å². The Labute approximate surface area is 166 Å². The average Bonchev–Trinajstić information content (AvgIpc) is 3.45. The highest BCUT2D eigenvalue weighted by molar-refractivity contribution is 7.09. The number of pyridine rings is 1. The van der Waals surface area contributed by atoms with Gasteiger partial charge >= 0.3 is 0 Å². The minimum absolute atomic E-state index is 0.130. The van der Waals surface area contributed by atoms with Crippen molar-refractivity contribution in [3.63, 3.8) is 0 Å². The van der Waals surface area contributed by atoms with Crippen LogP contribution in [0.2, 0.25) is 0 Å². The number of aliphatic imine (C=N–C) groups is 2. The van der Waals surface area contributed by atoms with E-state index < -0.39 is 0 Å². The first-order chi connectivity index (χ1) is 13.7. The predicted molar refractivity (Wildman–Crippen MR) is 109 cm³/mol. The van der Waals surface area contributed by atoms with Gasteiger partial charge < -0.3 is 5.32 Å². The molecule has 2 aliphatic rings. The lowest BCUT2D eigenvalue weighted by Crippen LogP contribution is -2.33. The number of nitrogens with one attached hydrogen (secondary N) is 1. The first kappa shape index (κ1) is 16.9. The third-order valence-electron chi connectivity index (χ3n) is 4.97. The van der Waals surface area contributed by atoms with Gasteiger partial charge in [-0.15, -0.1) is 11.3 Å². The van der Waals surface area contributed by atoms with Gasteiger partial charge in [0, 0.05) is 41.5 Å². The van der Waals surface area contributed by atoms with E-state index in [1.54, 1.807) is 18.6 Å². The van der Waals surface area contributed by atoms with Crippen LogP contribution in [0.4, 0.5) is 5.69 Å². The number of hydrogen-bond acceptors (Lipinski definition) is 6. The van der Waals surface area contributed by atoms with Gasteiger partial charge in [0.05, 0.1) is 24.0 Å². The van der Waals surface area contributed by atoms with E-state index in [4.69, 9.17) is 4.99 Å². The molecule has 2 aromatic heterocycles. The Hall–Kier alpha value is -3.19. The molecule has 0 saturated heterocycles. The minimum Gasteiger partial charge on any atom is -0.342 e. The summed E-state index contributed by atoms with van der Waals surface area (Å²) in [6.07, 6.45) is 5.83. The third kappa shape index (κ3) is 2.93. The molecule has 2 aliphatic heterocycles. The van der Waals surface area contributed by atoms with Crippen molar-refractivity contribution in [2.24, 2.45) is 9.98 Å². The quantitative estimate of drug-likeness (QED) is 0.745. The van der Waals surface area contributed by atoms with Gasteiger partial charge in [-0.25, -0.2) is 9.98 Å². The number of fused-ring (bicyclic) bond motifs is 2. The number of amides is 1. The Morgan fingerprint density at radius 2 is 2.04 bits per heavy atom. The van der Waals surface area contributed by atoms with Crippen molar-refractivity contribution in [1.82, 2.24) is 15.3 Å². The van der Waals surface area contributed by atoms with Gasteiger partial charge in [-0.3, -0.25) is 14.8 Å². The summed E-state index contributed by atoms with van der Waals surface area (Å²) in [5.74, 6) is -0.137. The van der Waals surface area contributed by atoms with Crippen LogP contribution in [0.25, 0.3) is 0 Å². The summed E-state index contributed by atoms with van der Waals surface area (Å²) in [5.41, 5.74) is 6.76. The zero-order valence-corrected chi connectivity index (χ0v) is 16.0. The number of hydrogen-bond donors (Lipinski definition) is 1. The number of nitrogens with zero attached hydrogens (tertiary/aromatic N) is 4. The number of aromatic nitrogens is 2. The molecule has 0 spiro atoms. The topological polar surface area (TPSA) is 79.6 Å². The van der Waals surface area contributed by atoms with E-state index in [0.29, 0.717) is 18.7 Å². The van der Waals surface area contributed by atoms with Crippen LogP contribution in [-0.4, -0.2) is 27.3 Å². The fourth-order valence-electron chi connectivity index (χ4n) is 3.57. The number of carbonyl (C=O) groups is 1. The highest BCUT2D eigenvalue weighted by atomic mass is 32.1. The lowest BCUT2D eigenvalue weighted by Gasteiger charge is -2.10. The minimum atomic E-state index is -0.137. The fourth-order valence-corrected chi connectivity index (χ4v) is 4.22. The third-order valence-corrected chi connectivity index (χ3v) is 5.92. The Morgan fingerprint density at radius 1 is 1.18 bits per heavy atom. The molecule has 28 heavy (non-hydrogen) atoms. The van der Waals surface area contributed by atoms with Crippen LogP contribution in [0.1, 0.15) is 40.2 Å². The van der Waals surface area contributed by atoms with E-state index in [1.165, 1.54) is 16.9 Å². The van der Waals surface area contributed by atoms with Crippen molar-refractivity contribution in [3.05, 3.63) is 75.5 Å². The van der Waals surface area contributed by atoms with Crippen molar-refractivity contribution in [3.8, 4) is 0 Å². The van der Waals surface area contributed by atoms with E-state index in [-0.39, 0.29) is 11.9 Å². The van der Waals surface area contributed by atoms with Crippen LogP contribution in [0.3, 0.4) is 0 Å². The standard InChI is InChI=1S/C21H17N5OS/c1-12(21-23-6-7-28-21)25-20(27)18-9-14-8-15-11-24-19(13-2-4-22-5-3-13)16(15)10-17(14)26-18/h2-8,10,12H,9,11H2,1H3,(H,25,27)/t12-/m1/s1. The van der Waals surface area contributed by atoms with Crippen molar-refractivity contribution >= 4 is 34.4 Å². The highest BCUT2D eigenvalue weighted by Gasteiger charge is 2.26. The van der Waals surface area contributed by atoms with Gasteiger partial charge in [0.2, 0.25) is 0 Å². The molecule has 0 radical (unpaired) electrons. The van der Waals surface area contributed by atoms with Gasteiger partial charge in [0.25, 0.3) is 5.91 Å². The van der Waals surface area contributed by atoms with Crippen LogP contribution in [-0.2, 0) is 17.8 Å². The van der Waals surface area contributed by atoms with Gasteiger partial charge in [0.1, 0.15) is 10.7 Å². The number of carbonyl (C=O) groups excluding carboxylic acids is 1. The van der Waals surface area contributed by atoms with Crippen molar-refractivity contribution < 1.29 is 4.79 Å². The number of rotatable bonds is 4. The first-order valence-corrected chi connectivity index (χ1v) is 9.96. The molecule has 1 amide bonds. The largest absolute Gasteiger partial charge is 0.342 e. The second kappa shape index (κ2) is 6.76. The summed E-state index contributed by atoms with van der Waals surface area (Å²) in [6, 6.07) is 7.99. The zero-order chi connectivity index (χ0) is 19.1. The molecule has 5 rings (SSSR count). The summed E-state index contributed by atoms with van der Waals surface area (Å²) >= 11 is 1.53. The molecular weight excluding hydrogens is 370 g/mol. The van der Waals surface area contributed by atoms with Gasteiger partial charge in [-0.05, 0) is 36.2 Å². The Morgan fingerprint density at radius 3 is 2.82 bits per heavy atom. The van der Waals surface area contributed by atoms with E-state index >= 15 is 0 Å². The van der Waals surface area contributed by atoms with Crippen LogP contribution in [0.15, 0.2) is 58.2 Å². The average molecular weight is 387 g/mol. The van der Waals surface area contributed by atoms with Gasteiger partial charge in [-0.2, -0.15) is 0 Å². The van der Waals surface area contributed by atoms with Crippen molar-refractivity contribution in [1.29, 1.82) is 0 Å². The van der Waals surface area contributed by atoms with Crippen LogP contribution in [0, 0.1) is 0 Å². The maximum absolute atomic E-state index is 12.7. The first-order valence-electron chi connectivity index (χ1n) is 9.08. The Kier molecular flexibility index (Phi) is 4.09. The molecule has 3 aromatic rings. The SMILES string of the molecule is C[C@@H](NC(=O)C1=Nc2cc3c(cc2C1)CN=C3c1ccncc1)c1nccs1. The molecule has 7 heteroatoms. The lowest BCUT2D eigenvalue weighted by atomic mass is 9.97. The smallest absolute Gasteiger partial charge is 0.266 e. The van der Waals surface area contributed by atoms with E-state index in [1.807, 2.05) is 24.4 Å². The molecule has 0 fully saturated rings. The molecule has 1 aromatic carbocycles.